The Morgan fingerprint density at radius 3 is 0.933 bits per heavy atom. The molecule has 0 heterocycles. The molecule has 0 N–H and O–H groups in total. The molecular formula is C14H4F12N2O2. The van der Waals surface area contributed by atoms with Gasteiger partial charge < -0.3 is 9.47 Å². The molecule has 16 heteroatoms. The second-order valence-corrected chi connectivity index (χ2v) is 5.30. The van der Waals surface area contributed by atoms with E-state index >= 15 is 0 Å². The van der Waals surface area contributed by atoms with E-state index in [0.29, 0.717) is 0 Å². The van der Waals surface area contributed by atoms with E-state index in [0.717, 1.165) is 0 Å². The van der Waals surface area contributed by atoms with Gasteiger partial charge in [-0.15, -0.1) is 0 Å². The van der Waals surface area contributed by atoms with Gasteiger partial charge in [-0.1, -0.05) is 24.3 Å². The molecule has 4 nitrogen and oxygen atoms in total. The predicted molar refractivity (Wildman–Crippen MR) is 67.4 cm³/mol. The Hall–Kier alpha value is -3.04. The highest BCUT2D eigenvalue weighted by Gasteiger charge is 2.76. The first-order valence-electron chi connectivity index (χ1n) is 6.85. The number of hydrogen-bond acceptors (Lipinski definition) is 4. The van der Waals surface area contributed by atoms with Crippen molar-refractivity contribution in [2.45, 2.75) is 35.9 Å². The summed E-state index contributed by atoms with van der Waals surface area (Å²) in [6.07, 6.45) is -12.9. The van der Waals surface area contributed by atoms with Crippen molar-refractivity contribution in [1.29, 1.82) is 10.5 Å². The Labute approximate surface area is 157 Å². The van der Waals surface area contributed by atoms with E-state index in [9.17, 15) is 52.7 Å². The quantitative estimate of drug-likeness (QED) is 0.426. The molecule has 0 aliphatic heterocycles. The molecule has 1 rings (SSSR count). The van der Waals surface area contributed by atoms with E-state index in [4.69, 9.17) is 10.5 Å². The fraction of sp³-hybridized carbons (Fsp3) is 0.429. The van der Waals surface area contributed by atoms with Gasteiger partial charge in [0, 0.05) is 11.1 Å². The van der Waals surface area contributed by atoms with Crippen molar-refractivity contribution in [3.8, 4) is 12.5 Å². The lowest BCUT2D eigenvalue weighted by Gasteiger charge is -2.33. The van der Waals surface area contributed by atoms with Crippen molar-refractivity contribution in [3.63, 3.8) is 0 Å². The van der Waals surface area contributed by atoms with Crippen molar-refractivity contribution in [2.24, 2.45) is 0 Å². The number of alkyl halides is 12. The largest absolute Gasteiger partial charge is 0.468 e. The molecule has 1 aromatic carbocycles. The highest BCUT2D eigenvalue weighted by atomic mass is 19.4. The minimum atomic E-state index is -6.53. The number of nitriles is 2. The maximum absolute atomic E-state index is 14.0. The summed E-state index contributed by atoms with van der Waals surface area (Å²) in [5.41, 5.74) is -4.15. The Kier molecular flexibility index (Phi) is 6.11. The van der Waals surface area contributed by atoms with Crippen LogP contribution in [0.15, 0.2) is 24.3 Å². The summed E-state index contributed by atoms with van der Waals surface area (Å²) < 4.78 is 165. The van der Waals surface area contributed by atoms with Crippen molar-refractivity contribution in [3.05, 3.63) is 35.4 Å². The molecule has 0 bridgehead atoms. The van der Waals surface area contributed by atoms with Crippen LogP contribution in [-0.2, 0) is 21.3 Å². The summed E-state index contributed by atoms with van der Waals surface area (Å²) in [5.74, 6) is -23.5. The van der Waals surface area contributed by atoms with E-state index in [1.54, 1.807) is 0 Å². The molecule has 30 heavy (non-hydrogen) atoms. The molecule has 0 fully saturated rings. The Balaban J connectivity index is 3.53. The zero-order valence-electron chi connectivity index (χ0n) is 13.6. The van der Waals surface area contributed by atoms with Crippen LogP contribution >= 0.6 is 0 Å². The van der Waals surface area contributed by atoms with Gasteiger partial charge in [0.2, 0.25) is 0 Å². The van der Waals surface area contributed by atoms with Gasteiger partial charge in [0.15, 0.2) is 0 Å². The Morgan fingerprint density at radius 2 is 0.767 bits per heavy atom. The minimum absolute atomic E-state index is 0.0602. The predicted octanol–water partition coefficient (Wildman–Crippen LogP) is 5.32. The van der Waals surface area contributed by atoms with E-state index < -0.39 is 71.3 Å². The molecule has 0 radical (unpaired) electrons. The molecule has 2 atom stereocenters. The monoisotopic (exact) mass is 460 g/mol. The number of nitrogens with zero attached hydrogens (tertiary/aromatic N) is 2. The zero-order valence-corrected chi connectivity index (χ0v) is 13.6. The Bertz CT molecular complexity index is 781. The number of rotatable bonds is 6. The van der Waals surface area contributed by atoms with Gasteiger partial charge in [0.1, 0.15) is 0 Å². The van der Waals surface area contributed by atoms with Gasteiger partial charge >= 0.3 is 35.9 Å². The van der Waals surface area contributed by atoms with Crippen molar-refractivity contribution in [2.75, 3.05) is 0 Å². The van der Waals surface area contributed by atoms with Gasteiger partial charge in [-0.05, 0) is 0 Å². The standard InChI is InChI=1S/C14H4F12N2O2/c15-9(16,11(19,29-5-27)13(21,22)23)7-1-2-8(4-3-7)10(17,18)12(20,30-6-28)14(24,25)26/h1-4H. The third kappa shape index (κ3) is 3.61. The van der Waals surface area contributed by atoms with E-state index in [1.165, 1.54) is 0 Å². The summed E-state index contributed by atoms with van der Waals surface area (Å²) in [4.78, 5) is 0. The van der Waals surface area contributed by atoms with Crippen LogP contribution in [0, 0.1) is 23.0 Å². The lowest BCUT2D eigenvalue weighted by Crippen LogP contribution is -2.55. The molecule has 0 saturated carbocycles. The second kappa shape index (κ2) is 7.33. The topological polar surface area (TPSA) is 66.0 Å². The van der Waals surface area contributed by atoms with Gasteiger partial charge in [0.05, 0.1) is 0 Å². The fourth-order valence-corrected chi connectivity index (χ4v) is 1.99. The maximum atomic E-state index is 14.0. The maximum Gasteiger partial charge on any atom is 0.468 e. The first-order valence-corrected chi connectivity index (χ1v) is 6.85. The highest BCUT2D eigenvalue weighted by molar-refractivity contribution is 5.32. The molecule has 166 valence electrons. The van der Waals surface area contributed by atoms with Gasteiger partial charge in [-0.25, -0.2) is 0 Å². The second-order valence-electron chi connectivity index (χ2n) is 5.30. The number of halogens is 12. The number of hydrogen-bond donors (Lipinski definition) is 0. The molecule has 2 unspecified atom stereocenters. The van der Waals surface area contributed by atoms with Crippen LogP contribution in [-0.4, -0.2) is 24.1 Å². The normalized spacial score (nSPS) is 17.1. The van der Waals surface area contributed by atoms with Crippen LogP contribution in [0.1, 0.15) is 11.1 Å². The number of ether oxygens (including phenoxy) is 2. The van der Waals surface area contributed by atoms with Gasteiger partial charge in [0.25, 0.3) is 12.5 Å². The third-order valence-electron chi connectivity index (χ3n) is 3.52. The summed E-state index contributed by atoms with van der Waals surface area (Å²) in [6.45, 7) is 0. The lowest BCUT2D eigenvalue weighted by molar-refractivity contribution is -0.388. The first kappa shape index (κ1) is 25.0. The van der Waals surface area contributed by atoms with E-state index in [2.05, 4.69) is 9.47 Å². The van der Waals surface area contributed by atoms with Crippen molar-refractivity contribution < 1.29 is 62.2 Å². The molecular weight excluding hydrogens is 456 g/mol. The molecule has 1 aromatic rings. The molecule has 0 aliphatic carbocycles. The summed E-state index contributed by atoms with van der Waals surface area (Å²) in [5, 5.41) is 16.0. The average Bonchev–Trinajstić information content (AvgIpc) is 2.60. The minimum Gasteiger partial charge on any atom is -0.372 e. The van der Waals surface area contributed by atoms with Crippen LogP contribution in [0.4, 0.5) is 52.7 Å². The molecule has 0 aliphatic rings. The van der Waals surface area contributed by atoms with Crippen LogP contribution in [0.25, 0.3) is 0 Å². The van der Waals surface area contributed by atoms with Gasteiger partial charge in [-0.2, -0.15) is 63.2 Å². The van der Waals surface area contributed by atoms with Crippen LogP contribution < -0.4 is 0 Å². The lowest BCUT2D eigenvalue weighted by atomic mass is 9.95. The molecule has 0 amide bonds. The van der Waals surface area contributed by atoms with Crippen LogP contribution in [0.2, 0.25) is 0 Å². The molecule has 0 spiro atoms. The SMILES string of the molecule is N#COC(F)(C(F)(F)F)C(F)(F)c1ccc(C(F)(F)C(F)(OC#N)C(F)(F)F)cc1. The summed E-state index contributed by atoms with van der Waals surface area (Å²) in [6, 6.07) is -1.58. The van der Waals surface area contributed by atoms with Crippen molar-refractivity contribution >= 4 is 0 Å². The van der Waals surface area contributed by atoms with E-state index in [-0.39, 0.29) is 12.5 Å². The van der Waals surface area contributed by atoms with E-state index in [1.807, 2.05) is 0 Å². The fourth-order valence-electron chi connectivity index (χ4n) is 1.99. The molecule has 0 aromatic heterocycles. The average molecular weight is 460 g/mol. The van der Waals surface area contributed by atoms with Crippen molar-refractivity contribution in [1.82, 2.24) is 0 Å². The first-order chi connectivity index (χ1) is 13.3. The summed E-state index contributed by atoms with van der Waals surface area (Å²) >= 11 is 0. The number of benzene rings is 1. The van der Waals surface area contributed by atoms with Crippen LogP contribution in [0.5, 0.6) is 0 Å². The zero-order chi connectivity index (χ0) is 23.8. The van der Waals surface area contributed by atoms with Gasteiger partial charge in [-0.3, -0.25) is 0 Å². The smallest absolute Gasteiger partial charge is 0.372 e. The third-order valence-corrected chi connectivity index (χ3v) is 3.52. The summed E-state index contributed by atoms with van der Waals surface area (Å²) in [7, 11) is 0. The van der Waals surface area contributed by atoms with Crippen LogP contribution in [0.3, 0.4) is 0 Å². The highest BCUT2D eigenvalue weighted by Crippen LogP contribution is 2.54. The molecule has 0 saturated heterocycles. The Morgan fingerprint density at radius 1 is 0.533 bits per heavy atom.